The summed E-state index contributed by atoms with van der Waals surface area (Å²) >= 11 is 1.72. The highest BCUT2D eigenvalue weighted by molar-refractivity contribution is 7.09. The molecule has 0 saturated carbocycles. The van der Waals surface area contributed by atoms with Crippen molar-refractivity contribution in [3.8, 4) is 0 Å². The minimum Gasteiger partial charge on any atom is -0.324 e. The van der Waals surface area contributed by atoms with Crippen LogP contribution in [-0.2, 0) is 0 Å². The fourth-order valence-electron chi connectivity index (χ4n) is 2.84. The summed E-state index contributed by atoms with van der Waals surface area (Å²) in [6, 6.07) is 9.32. The van der Waals surface area contributed by atoms with E-state index in [9.17, 15) is 0 Å². The molecular weight excluding hydrogens is 254 g/mol. The maximum absolute atomic E-state index is 6.22. The summed E-state index contributed by atoms with van der Waals surface area (Å²) in [6.07, 6.45) is 3.89. The largest absolute Gasteiger partial charge is 0.324 e. The number of nitrogens with two attached hydrogens (primary N) is 1. The molecule has 3 rings (SSSR count). The fraction of sp³-hybridized carbons (Fsp3) is 0.400. The number of hydrogen-bond acceptors (Lipinski definition) is 4. The van der Waals surface area contributed by atoms with Crippen molar-refractivity contribution in [2.75, 3.05) is 0 Å². The van der Waals surface area contributed by atoms with Gasteiger partial charge < -0.3 is 11.1 Å². The first kappa shape index (κ1) is 12.8. The van der Waals surface area contributed by atoms with Crippen LogP contribution in [0.1, 0.15) is 54.0 Å². The third-order valence-electron chi connectivity index (χ3n) is 3.82. The van der Waals surface area contributed by atoms with Crippen molar-refractivity contribution in [2.45, 2.75) is 37.9 Å². The van der Waals surface area contributed by atoms with Crippen molar-refractivity contribution in [3.05, 3.63) is 52.0 Å². The topological polar surface area (TPSA) is 50.9 Å². The summed E-state index contributed by atoms with van der Waals surface area (Å²) in [4.78, 5) is 4.43. The Morgan fingerprint density at radius 1 is 1.42 bits per heavy atom. The Labute approximate surface area is 117 Å². The third-order valence-corrected chi connectivity index (χ3v) is 4.71. The highest BCUT2D eigenvalue weighted by Gasteiger charge is 2.30. The van der Waals surface area contributed by atoms with Gasteiger partial charge in [-0.1, -0.05) is 31.2 Å². The second-order valence-electron chi connectivity index (χ2n) is 5.02. The molecule has 0 aliphatic heterocycles. The Bertz CT molecular complexity index is 538. The van der Waals surface area contributed by atoms with Crippen LogP contribution in [0.15, 0.2) is 35.8 Å². The lowest BCUT2D eigenvalue weighted by atomic mass is 10.1. The van der Waals surface area contributed by atoms with E-state index >= 15 is 0 Å². The molecule has 1 aliphatic rings. The molecule has 1 aliphatic carbocycles. The van der Waals surface area contributed by atoms with Crippen LogP contribution in [-0.4, -0.2) is 4.98 Å². The summed E-state index contributed by atoms with van der Waals surface area (Å²) < 4.78 is 0. The number of benzene rings is 1. The standard InChI is InChI=1S/C15H19N3S/c1-2-13(15-17-7-8-19-15)18-14-9-12(16)10-5-3-4-6-11(10)14/h3-8,12-14,18H,2,9,16H2,1H3. The Hall–Kier alpha value is -1.23. The number of aromatic nitrogens is 1. The average molecular weight is 273 g/mol. The smallest absolute Gasteiger partial charge is 0.109 e. The lowest BCUT2D eigenvalue weighted by Crippen LogP contribution is -2.25. The quantitative estimate of drug-likeness (QED) is 0.898. The molecule has 2 aromatic rings. The van der Waals surface area contributed by atoms with Crippen LogP contribution in [0, 0.1) is 0 Å². The van der Waals surface area contributed by atoms with E-state index in [-0.39, 0.29) is 6.04 Å². The van der Waals surface area contributed by atoms with Gasteiger partial charge in [0.1, 0.15) is 5.01 Å². The molecule has 3 atom stereocenters. The number of thiazole rings is 1. The van der Waals surface area contributed by atoms with E-state index in [1.807, 2.05) is 11.6 Å². The zero-order valence-corrected chi connectivity index (χ0v) is 11.9. The zero-order valence-electron chi connectivity index (χ0n) is 11.0. The first-order valence-electron chi connectivity index (χ1n) is 6.79. The van der Waals surface area contributed by atoms with Crippen LogP contribution < -0.4 is 11.1 Å². The maximum Gasteiger partial charge on any atom is 0.109 e. The number of nitrogens with one attached hydrogen (secondary N) is 1. The van der Waals surface area contributed by atoms with Crippen LogP contribution in [0.25, 0.3) is 0 Å². The van der Waals surface area contributed by atoms with Gasteiger partial charge in [0.15, 0.2) is 0 Å². The molecule has 0 bridgehead atoms. The summed E-state index contributed by atoms with van der Waals surface area (Å²) in [5, 5.41) is 6.93. The first-order chi connectivity index (χ1) is 9.29. The van der Waals surface area contributed by atoms with Gasteiger partial charge in [-0.2, -0.15) is 0 Å². The van der Waals surface area contributed by atoms with Gasteiger partial charge in [-0.05, 0) is 24.0 Å². The van der Waals surface area contributed by atoms with Crippen molar-refractivity contribution in [1.29, 1.82) is 0 Å². The van der Waals surface area contributed by atoms with Crippen molar-refractivity contribution in [3.63, 3.8) is 0 Å². The molecule has 3 N–H and O–H groups in total. The van der Waals surface area contributed by atoms with Crippen LogP contribution in [0.5, 0.6) is 0 Å². The maximum atomic E-state index is 6.22. The predicted molar refractivity (Wildman–Crippen MR) is 79.0 cm³/mol. The summed E-state index contributed by atoms with van der Waals surface area (Å²) in [5.41, 5.74) is 8.86. The molecule has 0 radical (unpaired) electrons. The van der Waals surface area contributed by atoms with Crippen LogP contribution in [0.4, 0.5) is 0 Å². The van der Waals surface area contributed by atoms with Crippen molar-refractivity contribution >= 4 is 11.3 Å². The van der Waals surface area contributed by atoms with E-state index in [1.165, 1.54) is 16.1 Å². The molecule has 4 heteroatoms. The lowest BCUT2D eigenvalue weighted by molar-refractivity contribution is 0.417. The number of rotatable bonds is 4. The average Bonchev–Trinajstić information content (AvgIpc) is 3.06. The molecule has 3 unspecified atom stereocenters. The van der Waals surface area contributed by atoms with Crippen LogP contribution in [0.3, 0.4) is 0 Å². The SMILES string of the molecule is CCC(NC1CC(N)c2ccccc21)c1nccs1. The molecule has 0 saturated heterocycles. The van der Waals surface area contributed by atoms with Gasteiger partial charge in [0.25, 0.3) is 0 Å². The van der Waals surface area contributed by atoms with E-state index in [0.29, 0.717) is 12.1 Å². The highest BCUT2D eigenvalue weighted by atomic mass is 32.1. The normalized spacial score (nSPS) is 23.3. The van der Waals surface area contributed by atoms with E-state index in [2.05, 4.69) is 41.5 Å². The van der Waals surface area contributed by atoms with Crippen molar-refractivity contribution in [1.82, 2.24) is 10.3 Å². The number of hydrogen-bond donors (Lipinski definition) is 2. The molecule has 1 heterocycles. The van der Waals surface area contributed by atoms with Gasteiger partial charge in [0, 0.05) is 23.7 Å². The second kappa shape index (κ2) is 5.41. The summed E-state index contributed by atoms with van der Waals surface area (Å²) in [6.45, 7) is 2.19. The fourth-order valence-corrected chi connectivity index (χ4v) is 3.63. The predicted octanol–water partition coefficient (Wildman–Crippen LogP) is 3.33. The van der Waals surface area contributed by atoms with E-state index in [4.69, 9.17) is 5.73 Å². The van der Waals surface area contributed by atoms with Crippen LogP contribution >= 0.6 is 11.3 Å². The number of nitrogens with zero attached hydrogens (tertiary/aromatic N) is 1. The van der Waals surface area contributed by atoms with Crippen molar-refractivity contribution in [2.24, 2.45) is 5.73 Å². The van der Waals surface area contributed by atoms with Gasteiger partial charge >= 0.3 is 0 Å². The highest BCUT2D eigenvalue weighted by Crippen LogP contribution is 2.38. The Morgan fingerprint density at radius 3 is 2.89 bits per heavy atom. The Morgan fingerprint density at radius 2 is 2.21 bits per heavy atom. The minimum absolute atomic E-state index is 0.155. The zero-order chi connectivity index (χ0) is 13.2. The summed E-state index contributed by atoms with van der Waals surface area (Å²) in [7, 11) is 0. The monoisotopic (exact) mass is 273 g/mol. The van der Waals surface area contributed by atoms with E-state index in [0.717, 1.165) is 12.8 Å². The van der Waals surface area contributed by atoms with Gasteiger partial charge in [0.2, 0.25) is 0 Å². The molecule has 100 valence electrons. The molecule has 1 aromatic heterocycles. The molecule has 1 aromatic carbocycles. The Kier molecular flexibility index (Phi) is 3.64. The molecule has 0 spiro atoms. The molecular formula is C15H19N3S. The van der Waals surface area contributed by atoms with Gasteiger partial charge in [-0.15, -0.1) is 11.3 Å². The third kappa shape index (κ3) is 2.43. The molecule has 0 fully saturated rings. The van der Waals surface area contributed by atoms with Crippen molar-refractivity contribution < 1.29 is 0 Å². The lowest BCUT2D eigenvalue weighted by Gasteiger charge is -2.21. The molecule has 0 amide bonds. The Balaban J connectivity index is 1.81. The van der Waals surface area contributed by atoms with E-state index < -0.39 is 0 Å². The van der Waals surface area contributed by atoms with E-state index in [1.54, 1.807) is 11.3 Å². The molecule has 19 heavy (non-hydrogen) atoms. The first-order valence-corrected chi connectivity index (χ1v) is 7.67. The number of fused-ring (bicyclic) bond motifs is 1. The summed E-state index contributed by atoms with van der Waals surface area (Å²) in [5.74, 6) is 0. The molecule has 3 nitrogen and oxygen atoms in total. The van der Waals surface area contributed by atoms with Crippen LogP contribution in [0.2, 0.25) is 0 Å². The van der Waals surface area contributed by atoms with Gasteiger partial charge in [0.05, 0.1) is 6.04 Å². The minimum atomic E-state index is 0.155. The second-order valence-corrected chi connectivity index (χ2v) is 5.95. The van der Waals surface area contributed by atoms with Gasteiger partial charge in [-0.3, -0.25) is 0 Å². The van der Waals surface area contributed by atoms with Gasteiger partial charge in [-0.25, -0.2) is 4.98 Å².